The van der Waals surface area contributed by atoms with Crippen LogP contribution in [0.3, 0.4) is 0 Å². The van der Waals surface area contributed by atoms with Crippen molar-refractivity contribution in [1.29, 1.82) is 0 Å². The van der Waals surface area contributed by atoms with Gasteiger partial charge in [-0.1, -0.05) is 41.1 Å². The molecule has 1 atom stereocenters. The number of rotatable bonds is 4. The van der Waals surface area contributed by atoms with E-state index < -0.39 is 0 Å². The van der Waals surface area contributed by atoms with Crippen molar-refractivity contribution in [2.75, 3.05) is 5.73 Å². The number of fused-ring (bicyclic) bond motifs is 1. The van der Waals surface area contributed by atoms with Crippen LogP contribution in [-0.4, -0.2) is 29.5 Å². The summed E-state index contributed by atoms with van der Waals surface area (Å²) < 4.78 is 17.7. The number of hydrogen-bond acceptors (Lipinski definition) is 5. The minimum absolute atomic E-state index is 0.242. The van der Waals surface area contributed by atoms with Gasteiger partial charge in [0.25, 0.3) is 0 Å². The lowest BCUT2D eigenvalue weighted by molar-refractivity contribution is 0.606. The van der Waals surface area contributed by atoms with Gasteiger partial charge >= 0.3 is 0 Å². The fraction of sp³-hybridized carbons (Fsp3) is 0.130. The van der Waals surface area contributed by atoms with Crippen LogP contribution in [0.4, 0.5) is 10.2 Å². The number of nitrogen functional groups attached to an aromatic ring is 1. The summed E-state index contributed by atoms with van der Waals surface area (Å²) in [6, 6.07) is 13.8. The van der Waals surface area contributed by atoms with Gasteiger partial charge in [0.1, 0.15) is 35.0 Å². The standard InChI is InChI=1S/C23H19ClFN7/c1-13(18-11-31(30-29-18)19-6-4-3-5-17(19)25)32-14(2)20(15-7-9-16(24)10-8-15)21-22(26)27-12-28-23(21)32/h3-13H,1-2H3,(H2,26,27,28). The smallest absolute Gasteiger partial charge is 0.148 e. The van der Waals surface area contributed by atoms with Gasteiger partial charge in [-0.15, -0.1) is 5.10 Å². The summed E-state index contributed by atoms with van der Waals surface area (Å²) in [6.45, 7) is 3.99. The molecule has 1 unspecified atom stereocenters. The quantitative estimate of drug-likeness (QED) is 0.420. The van der Waals surface area contributed by atoms with Crippen LogP contribution in [0.5, 0.6) is 0 Å². The maximum Gasteiger partial charge on any atom is 0.148 e. The van der Waals surface area contributed by atoms with E-state index in [0.29, 0.717) is 27.9 Å². The molecule has 2 aromatic carbocycles. The highest BCUT2D eigenvalue weighted by atomic mass is 35.5. The summed E-state index contributed by atoms with van der Waals surface area (Å²) in [4.78, 5) is 8.73. The fourth-order valence-corrected chi connectivity index (χ4v) is 4.20. The van der Waals surface area contributed by atoms with Crippen molar-refractivity contribution in [1.82, 2.24) is 29.5 Å². The molecule has 0 radical (unpaired) electrons. The largest absolute Gasteiger partial charge is 0.383 e. The predicted octanol–water partition coefficient (Wildman–Crippen LogP) is 4.97. The molecule has 0 spiro atoms. The van der Waals surface area contributed by atoms with Crippen molar-refractivity contribution in [2.24, 2.45) is 0 Å². The Morgan fingerprint density at radius 3 is 2.56 bits per heavy atom. The SMILES string of the molecule is Cc1c(-c2ccc(Cl)cc2)c2c(N)ncnc2n1C(C)c1cn(-c2ccccc2F)nn1. The lowest BCUT2D eigenvalue weighted by Crippen LogP contribution is -2.10. The van der Waals surface area contributed by atoms with E-state index in [0.717, 1.165) is 22.2 Å². The van der Waals surface area contributed by atoms with E-state index in [1.165, 1.54) is 17.1 Å². The summed E-state index contributed by atoms with van der Waals surface area (Å²) in [5.74, 6) is 0.0220. The average Bonchev–Trinajstić information content (AvgIpc) is 3.38. The molecule has 9 heteroatoms. The second kappa shape index (κ2) is 7.72. The van der Waals surface area contributed by atoms with Crippen LogP contribution < -0.4 is 5.73 Å². The van der Waals surface area contributed by atoms with E-state index in [2.05, 4.69) is 20.3 Å². The molecule has 0 aliphatic carbocycles. The van der Waals surface area contributed by atoms with E-state index in [1.54, 1.807) is 24.4 Å². The third-order valence-electron chi connectivity index (χ3n) is 5.62. The Morgan fingerprint density at radius 1 is 1.06 bits per heavy atom. The molecule has 0 aliphatic heterocycles. The third kappa shape index (κ3) is 3.20. The van der Waals surface area contributed by atoms with Crippen LogP contribution in [0.2, 0.25) is 5.02 Å². The van der Waals surface area contributed by atoms with Gasteiger partial charge < -0.3 is 10.3 Å². The molecule has 0 amide bonds. The monoisotopic (exact) mass is 447 g/mol. The predicted molar refractivity (Wildman–Crippen MR) is 122 cm³/mol. The molecule has 0 bridgehead atoms. The molecule has 32 heavy (non-hydrogen) atoms. The fourth-order valence-electron chi connectivity index (χ4n) is 4.07. The van der Waals surface area contributed by atoms with E-state index in [-0.39, 0.29) is 11.9 Å². The molecule has 3 heterocycles. The number of anilines is 1. The highest BCUT2D eigenvalue weighted by Crippen LogP contribution is 2.39. The Labute approximate surface area is 188 Å². The van der Waals surface area contributed by atoms with E-state index in [9.17, 15) is 4.39 Å². The minimum atomic E-state index is -0.371. The van der Waals surface area contributed by atoms with E-state index >= 15 is 0 Å². The number of halogens is 2. The molecule has 2 N–H and O–H groups in total. The van der Waals surface area contributed by atoms with E-state index in [4.69, 9.17) is 17.3 Å². The number of aromatic nitrogens is 6. The van der Waals surface area contributed by atoms with Crippen LogP contribution in [0.25, 0.3) is 27.8 Å². The summed E-state index contributed by atoms with van der Waals surface area (Å²) in [7, 11) is 0. The molecule has 0 aliphatic rings. The number of nitrogens with two attached hydrogens (primary N) is 1. The first kappa shape index (κ1) is 20.1. The molecular weight excluding hydrogens is 429 g/mol. The lowest BCUT2D eigenvalue weighted by atomic mass is 10.0. The summed E-state index contributed by atoms with van der Waals surface area (Å²) in [5.41, 5.74) is 10.8. The zero-order valence-electron chi connectivity index (χ0n) is 17.4. The molecule has 5 rings (SSSR count). The maximum absolute atomic E-state index is 14.2. The van der Waals surface area contributed by atoms with Gasteiger partial charge in [-0.2, -0.15) is 0 Å². The van der Waals surface area contributed by atoms with Gasteiger partial charge in [-0.05, 0) is 43.7 Å². The average molecular weight is 448 g/mol. The molecule has 160 valence electrons. The molecule has 3 aromatic heterocycles. The Kier molecular flexibility index (Phi) is 4.86. The molecule has 0 saturated carbocycles. The summed E-state index contributed by atoms with van der Waals surface area (Å²) in [5, 5.41) is 9.86. The summed E-state index contributed by atoms with van der Waals surface area (Å²) in [6.07, 6.45) is 3.17. The molecule has 5 aromatic rings. The summed E-state index contributed by atoms with van der Waals surface area (Å²) >= 11 is 6.09. The van der Waals surface area contributed by atoms with E-state index in [1.807, 2.05) is 42.7 Å². The highest BCUT2D eigenvalue weighted by molar-refractivity contribution is 6.30. The van der Waals surface area contributed by atoms with Gasteiger partial charge in [0.05, 0.1) is 17.6 Å². The van der Waals surface area contributed by atoms with Crippen molar-refractivity contribution in [3.63, 3.8) is 0 Å². The van der Waals surface area contributed by atoms with Crippen molar-refractivity contribution in [3.05, 3.63) is 83.3 Å². The minimum Gasteiger partial charge on any atom is -0.383 e. The second-order valence-electron chi connectivity index (χ2n) is 7.51. The van der Waals surface area contributed by atoms with Crippen LogP contribution in [-0.2, 0) is 0 Å². The van der Waals surface area contributed by atoms with Crippen LogP contribution in [0.1, 0.15) is 24.4 Å². The van der Waals surface area contributed by atoms with Gasteiger partial charge in [0.15, 0.2) is 0 Å². The molecule has 7 nitrogen and oxygen atoms in total. The van der Waals surface area contributed by atoms with Crippen molar-refractivity contribution in [3.8, 4) is 16.8 Å². The Bertz CT molecular complexity index is 1440. The second-order valence-corrected chi connectivity index (χ2v) is 7.95. The number of hydrogen-bond donors (Lipinski definition) is 1. The highest BCUT2D eigenvalue weighted by Gasteiger charge is 2.24. The van der Waals surface area contributed by atoms with Gasteiger partial charge in [-0.25, -0.2) is 19.0 Å². The Hall–Kier alpha value is -3.78. The van der Waals surface area contributed by atoms with Crippen molar-refractivity contribution in [2.45, 2.75) is 19.9 Å². The van der Waals surface area contributed by atoms with Crippen LogP contribution in [0, 0.1) is 12.7 Å². The maximum atomic E-state index is 14.2. The van der Waals surface area contributed by atoms with Gasteiger partial charge in [0, 0.05) is 16.3 Å². The first-order chi connectivity index (χ1) is 15.5. The Morgan fingerprint density at radius 2 is 1.81 bits per heavy atom. The normalized spacial score (nSPS) is 12.4. The van der Waals surface area contributed by atoms with Crippen LogP contribution in [0.15, 0.2) is 61.1 Å². The van der Waals surface area contributed by atoms with Crippen molar-refractivity contribution < 1.29 is 4.39 Å². The molecule has 0 fully saturated rings. The Balaban J connectivity index is 1.67. The van der Waals surface area contributed by atoms with Gasteiger partial charge in [0.2, 0.25) is 0 Å². The number of nitrogens with zero attached hydrogens (tertiary/aromatic N) is 6. The zero-order chi connectivity index (χ0) is 22.4. The van der Waals surface area contributed by atoms with Gasteiger partial charge in [-0.3, -0.25) is 0 Å². The molecule has 0 saturated heterocycles. The topological polar surface area (TPSA) is 87.4 Å². The van der Waals surface area contributed by atoms with Crippen molar-refractivity contribution >= 4 is 28.5 Å². The first-order valence-corrected chi connectivity index (χ1v) is 10.4. The zero-order valence-corrected chi connectivity index (χ0v) is 18.1. The van der Waals surface area contributed by atoms with Crippen LogP contribution >= 0.6 is 11.6 Å². The first-order valence-electron chi connectivity index (χ1n) is 9.99. The lowest BCUT2D eigenvalue weighted by Gasteiger charge is -2.15. The number of para-hydroxylation sites is 1. The third-order valence-corrected chi connectivity index (χ3v) is 5.87. The molecular formula is C23H19ClFN7. The number of benzene rings is 2.